The van der Waals surface area contributed by atoms with Gasteiger partial charge in [0.2, 0.25) is 0 Å². The van der Waals surface area contributed by atoms with Gasteiger partial charge in [-0.15, -0.1) is 0 Å². The van der Waals surface area contributed by atoms with Crippen LogP contribution in [0.3, 0.4) is 0 Å². The molecule has 0 aliphatic heterocycles. The topological polar surface area (TPSA) is 78.9 Å². The molecule has 402 valence electrons. The third kappa shape index (κ3) is 56.2. The molecule has 69 heavy (non-hydrogen) atoms. The number of unbranched alkanes of at least 4 members (excludes halogenated alkanes) is 36. The quantitative estimate of drug-likeness (QED) is 0.0262. The number of hydrogen-bond acceptors (Lipinski definition) is 6. The van der Waals surface area contributed by atoms with E-state index in [9.17, 15) is 14.4 Å². The number of ether oxygens (including phenoxy) is 3. The van der Waals surface area contributed by atoms with Gasteiger partial charge in [-0.3, -0.25) is 14.4 Å². The Morgan fingerprint density at radius 2 is 0.522 bits per heavy atom. The maximum Gasteiger partial charge on any atom is 0.306 e. The molecule has 1 atom stereocenters. The third-order valence-corrected chi connectivity index (χ3v) is 13.3. The molecule has 0 aromatic carbocycles. The zero-order valence-electron chi connectivity index (χ0n) is 46.1. The number of rotatable bonds is 55. The van der Waals surface area contributed by atoms with Gasteiger partial charge in [0.25, 0.3) is 0 Å². The fourth-order valence-corrected chi connectivity index (χ4v) is 8.74. The second kappa shape index (κ2) is 57.9. The van der Waals surface area contributed by atoms with Crippen molar-refractivity contribution in [1.82, 2.24) is 0 Å². The van der Waals surface area contributed by atoms with Crippen molar-refractivity contribution in [3.63, 3.8) is 0 Å². The molecule has 0 aliphatic rings. The molecule has 0 radical (unpaired) electrons. The van der Waals surface area contributed by atoms with Crippen molar-refractivity contribution in [3.05, 3.63) is 48.6 Å². The highest BCUT2D eigenvalue weighted by Crippen LogP contribution is 2.16. The molecule has 1 unspecified atom stereocenters. The molecule has 0 saturated carbocycles. The van der Waals surface area contributed by atoms with E-state index in [-0.39, 0.29) is 31.1 Å². The zero-order valence-corrected chi connectivity index (χ0v) is 46.1. The molecule has 0 bridgehead atoms. The van der Waals surface area contributed by atoms with Gasteiger partial charge in [-0.2, -0.15) is 0 Å². The van der Waals surface area contributed by atoms with Gasteiger partial charge in [0.15, 0.2) is 6.10 Å². The Labute approximate surface area is 428 Å². The summed E-state index contributed by atoms with van der Waals surface area (Å²) in [6, 6.07) is 0. The van der Waals surface area contributed by atoms with Crippen LogP contribution in [-0.2, 0) is 28.6 Å². The molecule has 0 aromatic rings. The Morgan fingerprint density at radius 1 is 0.290 bits per heavy atom. The van der Waals surface area contributed by atoms with E-state index in [4.69, 9.17) is 14.2 Å². The zero-order chi connectivity index (χ0) is 50.0. The average molecular weight is 968 g/mol. The van der Waals surface area contributed by atoms with Gasteiger partial charge in [-0.1, -0.05) is 262 Å². The summed E-state index contributed by atoms with van der Waals surface area (Å²) in [4.78, 5) is 37.9. The number of allylic oxidation sites excluding steroid dienone is 8. The van der Waals surface area contributed by atoms with Crippen molar-refractivity contribution in [2.75, 3.05) is 13.2 Å². The van der Waals surface area contributed by atoms with Crippen molar-refractivity contribution in [2.24, 2.45) is 0 Å². The fourth-order valence-electron chi connectivity index (χ4n) is 8.74. The third-order valence-electron chi connectivity index (χ3n) is 13.3. The van der Waals surface area contributed by atoms with Gasteiger partial charge < -0.3 is 14.2 Å². The molecule has 0 amide bonds. The fraction of sp³-hybridized carbons (Fsp3) is 0.825. The van der Waals surface area contributed by atoms with Crippen molar-refractivity contribution in [3.8, 4) is 0 Å². The molecule has 0 fully saturated rings. The summed E-state index contributed by atoms with van der Waals surface area (Å²) in [5.41, 5.74) is 0. The normalized spacial score (nSPS) is 12.3. The largest absolute Gasteiger partial charge is 0.462 e. The Bertz CT molecular complexity index is 1200. The summed E-state index contributed by atoms with van der Waals surface area (Å²) in [5.74, 6) is -0.877. The minimum atomic E-state index is -0.771. The summed E-state index contributed by atoms with van der Waals surface area (Å²) >= 11 is 0. The Morgan fingerprint density at radius 3 is 0.841 bits per heavy atom. The van der Waals surface area contributed by atoms with E-state index in [2.05, 4.69) is 69.4 Å². The average Bonchev–Trinajstić information content (AvgIpc) is 3.35. The highest BCUT2D eigenvalue weighted by molar-refractivity contribution is 5.71. The Kier molecular flexibility index (Phi) is 55.7. The lowest BCUT2D eigenvalue weighted by Crippen LogP contribution is -2.30. The highest BCUT2D eigenvalue weighted by atomic mass is 16.6. The van der Waals surface area contributed by atoms with Crippen LogP contribution in [0.1, 0.15) is 316 Å². The SMILES string of the molecule is CCCCCC/C=C\CCCCCCCC(=O)OC(COC(=O)CCCCCCCCC)COC(=O)CCCCCCCCCCCCCCCCCC/C=C\C/C=C\C/C=C\CCCCCCC. The molecule has 0 N–H and O–H groups in total. The molecule has 0 rings (SSSR count). The van der Waals surface area contributed by atoms with E-state index >= 15 is 0 Å². The van der Waals surface area contributed by atoms with E-state index in [1.165, 1.54) is 199 Å². The van der Waals surface area contributed by atoms with Crippen LogP contribution in [0.2, 0.25) is 0 Å². The lowest BCUT2D eigenvalue weighted by Gasteiger charge is -2.18. The maximum absolute atomic E-state index is 12.8. The molecule has 0 saturated heterocycles. The van der Waals surface area contributed by atoms with Crippen LogP contribution >= 0.6 is 0 Å². The first-order valence-electron chi connectivity index (χ1n) is 30.1. The minimum absolute atomic E-state index is 0.0732. The first kappa shape index (κ1) is 66.4. The van der Waals surface area contributed by atoms with Crippen molar-refractivity contribution >= 4 is 17.9 Å². The van der Waals surface area contributed by atoms with Crippen LogP contribution in [0.25, 0.3) is 0 Å². The van der Waals surface area contributed by atoms with Crippen LogP contribution < -0.4 is 0 Å². The number of carbonyl (C=O) groups excluding carboxylic acids is 3. The standard InChI is InChI=1S/C63H114O6/c1-4-7-10-13-16-18-20-22-23-24-25-26-27-28-29-30-31-32-33-34-35-36-37-38-39-41-42-44-47-50-53-56-62(65)68-59-60(58-67-61(64)55-52-49-46-15-12-9-6-3)69-63(66)57-54-51-48-45-43-40-21-19-17-14-11-8-5-2/h19-22,24-25,27-28,60H,4-18,23,26,29-59H2,1-3H3/b21-19-,22-20-,25-24-,28-27-. The Hall–Kier alpha value is -2.63. The van der Waals surface area contributed by atoms with Crippen molar-refractivity contribution in [2.45, 2.75) is 322 Å². The molecule has 0 spiro atoms. The van der Waals surface area contributed by atoms with Gasteiger partial charge in [0, 0.05) is 19.3 Å². The van der Waals surface area contributed by atoms with Crippen LogP contribution in [0, 0.1) is 0 Å². The number of hydrogen-bond donors (Lipinski definition) is 0. The molecule has 6 nitrogen and oxygen atoms in total. The molecular weight excluding hydrogens is 853 g/mol. The second-order valence-electron chi connectivity index (χ2n) is 20.3. The van der Waals surface area contributed by atoms with Gasteiger partial charge in [-0.05, 0) is 83.5 Å². The van der Waals surface area contributed by atoms with Gasteiger partial charge in [-0.25, -0.2) is 0 Å². The predicted octanol–water partition coefficient (Wildman–Crippen LogP) is 20.2. The monoisotopic (exact) mass is 967 g/mol. The summed E-state index contributed by atoms with van der Waals surface area (Å²) in [7, 11) is 0. The number of esters is 3. The predicted molar refractivity (Wildman–Crippen MR) is 298 cm³/mol. The summed E-state index contributed by atoms with van der Waals surface area (Å²) in [5, 5.41) is 0. The molecule has 0 aliphatic carbocycles. The van der Waals surface area contributed by atoms with E-state index in [0.29, 0.717) is 19.3 Å². The lowest BCUT2D eigenvalue weighted by molar-refractivity contribution is -0.167. The molecular formula is C63H114O6. The summed E-state index contributed by atoms with van der Waals surface area (Å²) < 4.78 is 16.8. The van der Waals surface area contributed by atoms with E-state index < -0.39 is 6.10 Å². The first-order valence-corrected chi connectivity index (χ1v) is 30.1. The van der Waals surface area contributed by atoms with Crippen molar-refractivity contribution < 1.29 is 28.6 Å². The Balaban J connectivity index is 4.00. The van der Waals surface area contributed by atoms with E-state index in [1.54, 1.807) is 0 Å². The van der Waals surface area contributed by atoms with Crippen LogP contribution in [0.4, 0.5) is 0 Å². The molecule has 0 aromatic heterocycles. The van der Waals surface area contributed by atoms with Crippen LogP contribution in [0.15, 0.2) is 48.6 Å². The van der Waals surface area contributed by atoms with Gasteiger partial charge >= 0.3 is 17.9 Å². The summed E-state index contributed by atoms with van der Waals surface area (Å²) in [6.45, 7) is 6.59. The molecule has 6 heteroatoms. The maximum atomic E-state index is 12.8. The summed E-state index contributed by atoms with van der Waals surface area (Å²) in [6.07, 6.45) is 71.5. The van der Waals surface area contributed by atoms with Gasteiger partial charge in [0.05, 0.1) is 0 Å². The molecule has 0 heterocycles. The van der Waals surface area contributed by atoms with Crippen molar-refractivity contribution in [1.29, 1.82) is 0 Å². The van der Waals surface area contributed by atoms with Crippen LogP contribution in [0.5, 0.6) is 0 Å². The highest BCUT2D eigenvalue weighted by Gasteiger charge is 2.19. The minimum Gasteiger partial charge on any atom is -0.462 e. The van der Waals surface area contributed by atoms with Crippen LogP contribution in [-0.4, -0.2) is 37.2 Å². The number of carbonyl (C=O) groups is 3. The van der Waals surface area contributed by atoms with E-state index in [0.717, 1.165) is 77.0 Å². The second-order valence-corrected chi connectivity index (χ2v) is 20.3. The smallest absolute Gasteiger partial charge is 0.306 e. The lowest BCUT2D eigenvalue weighted by atomic mass is 10.0. The van der Waals surface area contributed by atoms with Gasteiger partial charge in [0.1, 0.15) is 13.2 Å². The first-order chi connectivity index (χ1) is 34.0. The van der Waals surface area contributed by atoms with E-state index in [1.807, 2.05) is 0 Å².